The van der Waals surface area contributed by atoms with Crippen molar-refractivity contribution in [2.75, 3.05) is 26.7 Å². The lowest BCUT2D eigenvalue weighted by Gasteiger charge is -2.32. The van der Waals surface area contributed by atoms with Crippen molar-refractivity contribution in [3.63, 3.8) is 0 Å². The number of benzene rings is 2. The molecule has 1 amide bonds. The highest BCUT2D eigenvalue weighted by atomic mass is 32.2. The number of amides is 1. The molecule has 0 spiro atoms. The molecule has 1 aliphatic rings. The van der Waals surface area contributed by atoms with E-state index in [1.54, 1.807) is 17.0 Å². The maximum Gasteiger partial charge on any atom is 0.284 e. The minimum absolute atomic E-state index is 0.0264. The third-order valence-electron chi connectivity index (χ3n) is 5.05. The van der Waals surface area contributed by atoms with Crippen LogP contribution < -0.4 is 5.32 Å². The summed E-state index contributed by atoms with van der Waals surface area (Å²) in [7, 11) is 1.94. The van der Waals surface area contributed by atoms with Gasteiger partial charge in [-0.25, -0.2) is 0 Å². The van der Waals surface area contributed by atoms with Crippen LogP contribution >= 0.6 is 11.8 Å². The van der Waals surface area contributed by atoms with E-state index < -0.39 is 4.92 Å². The summed E-state index contributed by atoms with van der Waals surface area (Å²) in [5.41, 5.74) is 1.49. The molecule has 0 unspecified atom stereocenters. The number of carbonyl (C=O) groups is 1. The number of aryl methyl sites for hydroxylation is 1. The molecule has 1 saturated heterocycles. The maximum atomic E-state index is 12.8. The molecule has 1 heterocycles. The Balaban J connectivity index is 1.76. The zero-order valence-electron chi connectivity index (χ0n) is 16.2. The first-order valence-corrected chi connectivity index (χ1v) is 10.3. The molecule has 0 atom stereocenters. The van der Waals surface area contributed by atoms with Gasteiger partial charge in [0.2, 0.25) is 0 Å². The first-order chi connectivity index (χ1) is 13.5. The SMILES string of the molecule is CNCC1CCN(C(=O)c2ccc(Sc3ccc(C)cc3)c([N+](=O)[O-])c2)CC1. The predicted octanol–water partition coefficient (Wildman–Crippen LogP) is 4.13. The van der Waals surface area contributed by atoms with E-state index in [1.165, 1.54) is 17.8 Å². The van der Waals surface area contributed by atoms with Crippen molar-refractivity contribution in [3.8, 4) is 0 Å². The summed E-state index contributed by atoms with van der Waals surface area (Å²) < 4.78 is 0. The molecule has 0 saturated carbocycles. The summed E-state index contributed by atoms with van der Waals surface area (Å²) >= 11 is 1.34. The summed E-state index contributed by atoms with van der Waals surface area (Å²) in [5, 5.41) is 14.8. The number of nitro groups is 1. The van der Waals surface area contributed by atoms with Gasteiger partial charge in [-0.2, -0.15) is 0 Å². The lowest BCUT2D eigenvalue weighted by molar-refractivity contribution is -0.387. The van der Waals surface area contributed by atoms with Crippen LogP contribution in [-0.4, -0.2) is 42.4 Å². The number of carbonyl (C=O) groups excluding carboxylic acids is 1. The monoisotopic (exact) mass is 399 g/mol. The molecule has 0 bridgehead atoms. The van der Waals surface area contributed by atoms with Crippen LogP contribution in [0.3, 0.4) is 0 Å². The lowest BCUT2D eigenvalue weighted by Crippen LogP contribution is -2.40. The Morgan fingerprint density at radius 2 is 1.89 bits per heavy atom. The number of hydrogen-bond acceptors (Lipinski definition) is 5. The number of rotatable bonds is 6. The molecule has 0 aliphatic carbocycles. The van der Waals surface area contributed by atoms with Crippen molar-refractivity contribution in [3.05, 3.63) is 63.7 Å². The van der Waals surface area contributed by atoms with Crippen LogP contribution in [0.1, 0.15) is 28.8 Å². The Morgan fingerprint density at radius 3 is 2.50 bits per heavy atom. The number of likely N-dealkylation sites (tertiary alicyclic amines) is 1. The molecule has 1 aliphatic heterocycles. The van der Waals surface area contributed by atoms with E-state index in [9.17, 15) is 14.9 Å². The second-order valence-corrected chi connectivity index (χ2v) is 8.26. The molecule has 2 aromatic carbocycles. The van der Waals surface area contributed by atoms with Crippen molar-refractivity contribution < 1.29 is 9.72 Å². The lowest BCUT2D eigenvalue weighted by atomic mass is 9.96. The zero-order valence-corrected chi connectivity index (χ0v) is 17.0. The van der Waals surface area contributed by atoms with Crippen molar-refractivity contribution >= 4 is 23.4 Å². The fourth-order valence-corrected chi connectivity index (χ4v) is 4.32. The summed E-state index contributed by atoms with van der Waals surface area (Å²) in [6.45, 7) is 4.34. The quantitative estimate of drug-likeness (QED) is 0.584. The molecule has 2 aromatic rings. The average Bonchev–Trinajstić information content (AvgIpc) is 2.70. The normalized spacial score (nSPS) is 14.9. The Kier molecular flexibility index (Phi) is 6.70. The molecule has 7 heteroatoms. The van der Waals surface area contributed by atoms with Crippen LogP contribution in [0.2, 0.25) is 0 Å². The fourth-order valence-electron chi connectivity index (χ4n) is 3.42. The first kappa shape index (κ1) is 20.4. The van der Waals surface area contributed by atoms with E-state index in [-0.39, 0.29) is 11.6 Å². The molecular weight excluding hydrogens is 374 g/mol. The molecule has 0 aromatic heterocycles. The van der Waals surface area contributed by atoms with Gasteiger partial charge in [-0.3, -0.25) is 14.9 Å². The third-order valence-corrected chi connectivity index (χ3v) is 6.12. The summed E-state index contributed by atoms with van der Waals surface area (Å²) in [6, 6.07) is 12.6. The molecule has 1 fully saturated rings. The van der Waals surface area contributed by atoms with Gasteiger partial charge in [0.25, 0.3) is 11.6 Å². The molecule has 0 radical (unpaired) electrons. The van der Waals surface area contributed by atoms with Crippen molar-refractivity contribution in [2.24, 2.45) is 5.92 Å². The van der Waals surface area contributed by atoms with Crippen molar-refractivity contribution in [2.45, 2.75) is 29.6 Å². The van der Waals surface area contributed by atoms with Gasteiger partial charge < -0.3 is 10.2 Å². The van der Waals surface area contributed by atoms with Gasteiger partial charge in [-0.05, 0) is 63.5 Å². The maximum absolute atomic E-state index is 12.8. The average molecular weight is 400 g/mol. The topological polar surface area (TPSA) is 75.5 Å². The van der Waals surface area contributed by atoms with Gasteiger partial charge >= 0.3 is 0 Å². The Hall–Kier alpha value is -2.38. The van der Waals surface area contributed by atoms with Crippen molar-refractivity contribution in [1.29, 1.82) is 0 Å². The van der Waals surface area contributed by atoms with Crippen LogP contribution in [0.5, 0.6) is 0 Å². The van der Waals surface area contributed by atoms with E-state index in [0.717, 1.165) is 29.8 Å². The number of nitrogens with zero attached hydrogens (tertiary/aromatic N) is 2. The van der Waals surface area contributed by atoms with Crippen LogP contribution in [0.25, 0.3) is 0 Å². The largest absolute Gasteiger partial charge is 0.339 e. The first-order valence-electron chi connectivity index (χ1n) is 9.44. The minimum atomic E-state index is -0.410. The van der Waals surface area contributed by atoms with Gasteiger partial charge in [-0.1, -0.05) is 29.5 Å². The standard InChI is InChI=1S/C21H25N3O3S/c1-15-3-6-18(7-4-15)28-20-8-5-17(13-19(20)24(26)27)21(25)23-11-9-16(10-12-23)14-22-2/h3-8,13,16,22H,9-12,14H2,1-2H3. The summed E-state index contributed by atoms with van der Waals surface area (Å²) in [5.74, 6) is 0.453. The highest BCUT2D eigenvalue weighted by Gasteiger charge is 2.25. The number of piperidine rings is 1. The zero-order chi connectivity index (χ0) is 20.1. The van der Waals surface area contributed by atoms with Gasteiger partial charge in [-0.15, -0.1) is 0 Å². The smallest absolute Gasteiger partial charge is 0.284 e. The molecular formula is C21H25N3O3S. The molecule has 6 nitrogen and oxygen atoms in total. The summed E-state index contributed by atoms with van der Waals surface area (Å²) in [4.78, 5) is 27.3. The highest BCUT2D eigenvalue weighted by molar-refractivity contribution is 7.99. The molecule has 148 valence electrons. The summed E-state index contributed by atoms with van der Waals surface area (Å²) in [6.07, 6.45) is 1.91. The third kappa shape index (κ3) is 4.91. The number of nitro benzene ring substituents is 1. The van der Waals surface area contributed by atoms with E-state index in [4.69, 9.17) is 0 Å². The minimum Gasteiger partial charge on any atom is -0.339 e. The van der Waals surface area contributed by atoms with Gasteiger partial charge in [0.15, 0.2) is 0 Å². The van der Waals surface area contributed by atoms with E-state index >= 15 is 0 Å². The van der Waals surface area contributed by atoms with Gasteiger partial charge in [0.05, 0.1) is 9.82 Å². The van der Waals surface area contributed by atoms with Crippen LogP contribution in [0, 0.1) is 23.0 Å². The number of hydrogen-bond donors (Lipinski definition) is 1. The van der Waals surface area contributed by atoms with E-state index in [1.807, 2.05) is 38.2 Å². The molecule has 1 N–H and O–H groups in total. The van der Waals surface area contributed by atoms with Crippen LogP contribution in [0.15, 0.2) is 52.3 Å². The van der Waals surface area contributed by atoms with Crippen molar-refractivity contribution in [1.82, 2.24) is 10.2 Å². The highest BCUT2D eigenvalue weighted by Crippen LogP contribution is 2.35. The van der Waals surface area contributed by atoms with Gasteiger partial charge in [0, 0.05) is 29.6 Å². The Labute approximate surface area is 169 Å². The fraction of sp³-hybridized carbons (Fsp3) is 0.381. The van der Waals surface area contributed by atoms with Crippen LogP contribution in [0.4, 0.5) is 5.69 Å². The second-order valence-electron chi connectivity index (χ2n) is 7.15. The number of nitrogens with one attached hydrogen (secondary N) is 1. The Bertz CT molecular complexity index is 846. The Morgan fingerprint density at radius 1 is 1.21 bits per heavy atom. The predicted molar refractivity (Wildman–Crippen MR) is 111 cm³/mol. The van der Waals surface area contributed by atoms with Crippen LogP contribution in [-0.2, 0) is 0 Å². The van der Waals surface area contributed by atoms with E-state index in [2.05, 4.69) is 5.32 Å². The molecule has 3 rings (SSSR count). The second kappa shape index (κ2) is 9.21. The molecule has 28 heavy (non-hydrogen) atoms. The van der Waals surface area contributed by atoms with E-state index in [0.29, 0.717) is 29.5 Å². The van der Waals surface area contributed by atoms with Gasteiger partial charge in [0.1, 0.15) is 0 Å².